The van der Waals surface area contributed by atoms with Crippen LogP contribution < -0.4 is 5.32 Å². The van der Waals surface area contributed by atoms with Crippen LogP contribution in [-0.2, 0) is 16.3 Å². The molecular weight excluding hydrogens is 296 g/mol. The van der Waals surface area contributed by atoms with Crippen molar-refractivity contribution in [1.82, 2.24) is 9.97 Å². The molecule has 0 unspecified atom stereocenters. The molecule has 0 radical (unpaired) electrons. The first-order valence-corrected chi connectivity index (χ1v) is 7.97. The Morgan fingerprint density at radius 3 is 2.76 bits per heavy atom. The van der Waals surface area contributed by atoms with Crippen LogP contribution in [0.2, 0.25) is 0 Å². The number of benzene rings is 1. The molecule has 2 N–H and O–H groups in total. The molecule has 0 fully saturated rings. The molecule has 0 amide bonds. The maximum Gasteiger partial charge on any atom is 0.293 e. The smallest absolute Gasteiger partial charge is 0.293 e. The predicted octanol–water partition coefficient (Wildman–Crippen LogP) is 1.38. The van der Waals surface area contributed by atoms with Crippen LogP contribution >= 0.6 is 0 Å². The summed E-state index contributed by atoms with van der Waals surface area (Å²) in [7, 11) is -3.48. The lowest BCUT2D eigenvalue weighted by Crippen LogP contribution is -2.08. The topological polar surface area (TPSA) is 118 Å². The molecule has 21 heavy (non-hydrogen) atoms. The second-order valence-corrected chi connectivity index (χ2v) is 6.44. The first-order chi connectivity index (χ1) is 9.88. The van der Waals surface area contributed by atoms with Crippen LogP contribution in [0.25, 0.3) is 0 Å². The van der Waals surface area contributed by atoms with Gasteiger partial charge in [0, 0.05) is 37.7 Å². The van der Waals surface area contributed by atoms with Gasteiger partial charge >= 0.3 is 0 Å². The van der Waals surface area contributed by atoms with Gasteiger partial charge in [-0.2, -0.15) is 0 Å². The van der Waals surface area contributed by atoms with Gasteiger partial charge in [-0.25, -0.2) is 13.4 Å². The number of sulfone groups is 1. The van der Waals surface area contributed by atoms with Gasteiger partial charge in [0.15, 0.2) is 9.84 Å². The molecule has 0 bridgehead atoms. The third kappa shape index (κ3) is 3.78. The van der Waals surface area contributed by atoms with Crippen molar-refractivity contribution in [2.75, 3.05) is 18.1 Å². The minimum Gasteiger partial charge on any atom is -0.379 e. The summed E-state index contributed by atoms with van der Waals surface area (Å²) >= 11 is 0. The van der Waals surface area contributed by atoms with Crippen LogP contribution in [-0.4, -0.2) is 36.1 Å². The Morgan fingerprint density at radius 1 is 1.43 bits per heavy atom. The highest BCUT2D eigenvalue weighted by molar-refractivity contribution is 7.90. The number of nitrogens with one attached hydrogen (secondary N) is 2. The molecule has 9 heteroatoms. The first-order valence-electron chi connectivity index (χ1n) is 6.08. The van der Waals surface area contributed by atoms with Gasteiger partial charge in [0.25, 0.3) is 5.69 Å². The summed E-state index contributed by atoms with van der Waals surface area (Å²) in [5.74, 6) is 0.762. The molecule has 112 valence electrons. The molecule has 2 aromatic rings. The normalized spacial score (nSPS) is 11.3. The quantitative estimate of drug-likeness (QED) is 0.614. The fourth-order valence-electron chi connectivity index (χ4n) is 1.79. The van der Waals surface area contributed by atoms with Gasteiger partial charge in [-0.1, -0.05) is 0 Å². The Bertz CT molecular complexity index is 741. The van der Waals surface area contributed by atoms with Crippen molar-refractivity contribution in [3.05, 3.63) is 46.5 Å². The summed E-state index contributed by atoms with van der Waals surface area (Å²) in [5.41, 5.74) is 0.0105. The van der Waals surface area contributed by atoms with Gasteiger partial charge in [-0.3, -0.25) is 10.1 Å². The molecule has 1 heterocycles. The molecule has 0 saturated carbocycles. The maximum atomic E-state index is 11.4. The number of imidazole rings is 1. The molecule has 1 aromatic heterocycles. The summed E-state index contributed by atoms with van der Waals surface area (Å²) in [5, 5.41) is 14.0. The number of H-pyrrole nitrogens is 1. The van der Waals surface area contributed by atoms with E-state index in [0.717, 1.165) is 18.1 Å². The second kappa shape index (κ2) is 5.92. The molecule has 0 aliphatic heterocycles. The van der Waals surface area contributed by atoms with Gasteiger partial charge in [0.2, 0.25) is 0 Å². The summed E-state index contributed by atoms with van der Waals surface area (Å²) in [4.78, 5) is 17.3. The fourth-order valence-corrected chi connectivity index (χ4v) is 2.43. The van der Waals surface area contributed by atoms with E-state index in [1.54, 1.807) is 12.4 Å². The van der Waals surface area contributed by atoms with Gasteiger partial charge < -0.3 is 10.3 Å². The maximum absolute atomic E-state index is 11.4. The van der Waals surface area contributed by atoms with Crippen LogP contribution in [0.5, 0.6) is 0 Å². The van der Waals surface area contributed by atoms with Crippen molar-refractivity contribution < 1.29 is 13.3 Å². The number of aromatic nitrogens is 2. The van der Waals surface area contributed by atoms with Crippen molar-refractivity contribution in [3.8, 4) is 0 Å². The Morgan fingerprint density at radius 2 is 2.19 bits per heavy atom. The predicted molar refractivity (Wildman–Crippen MR) is 77.0 cm³/mol. The molecule has 2 rings (SSSR count). The standard InChI is InChI=1S/C12H14N4O4S/c1-21(19,20)9-2-3-10(11(8-9)16(17)18)13-5-4-12-14-6-7-15-12/h2-3,6-8,13H,4-5H2,1H3,(H,14,15). The number of anilines is 1. The number of aromatic amines is 1. The van der Waals surface area contributed by atoms with E-state index < -0.39 is 14.8 Å². The van der Waals surface area contributed by atoms with Crippen LogP contribution in [0.4, 0.5) is 11.4 Å². The Balaban J connectivity index is 2.17. The number of nitro groups is 1. The fraction of sp³-hybridized carbons (Fsp3) is 0.250. The molecule has 8 nitrogen and oxygen atoms in total. The SMILES string of the molecule is CS(=O)(=O)c1ccc(NCCc2ncc[nH]2)c([N+](=O)[O-])c1. The third-order valence-corrected chi connectivity index (χ3v) is 3.94. The highest BCUT2D eigenvalue weighted by Gasteiger charge is 2.18. The van der Waals surface area contributed by atoms with Gasteiger partial charge in [-0.15, -0.1) is 0 Å². The minimum atomic E-state index is -3.48. The van der Waals surface area contributed by atoms with Gasteiger partial charge in [-0.05, 0) is 12.1 Å². The van der Waals surface area contributed by atoms with E-state index in [9.17, 15) is 18.5 Å². The number of nitro benzene ring substituents is 1. The van der Waals surface area contributed by atoms with Gasteiger partial charge in [0.05, 0.1) is 9.82 Å². The monoisotopic (exact) mass is 310 g/mol. The van der Waals surface area contributed by atoms with E-state index in [1.165, 1.54) is 12.1 Å². The average molecular weight is 310 g/mol. The Labute approximate surface area is 121 Å². The lowest BCUT2D eigenvalue weighted by molar-refractivity contribution is -0.384. The van der Waals surface area contributed by atoms with Crippen molar-refractivity contribution in [3.63, 3.8) is 0 Å². The molecule has 0 spiro atoms. The van der Waals surface area contributed by atoms with Crippen molar-refractivity contribution in [1.29, 1.82) is 0 Å². The largest absolute Gasteiger partial charge is 0.379 e. The summed E-state index contributed by atoms with van der Waals surface area (Å²) in [6, 6.07) is 3.80. The lowest BCUT2D eigenvalue weighted by Gasteiger charge is -2.07. The molecule has 0 saturated heterocycles. The number of hydrogen-bond acceptors (Lipinski definition) is 6. The molecule has 1 aromatic carbocycles. The first kappa shape index (κ1) is 15.0. The summed E-state index contributed by atoms with van der Waals surface area (Å²) < 4.78 is 22.9. The van der Waals surface area contributed by atoms with E-state index in [4.69, 9.17) is 0 Å². The van der Waals surface area contributed by atoms with E-state index in [0.29, 0.717) is 13.0 Å². The third-order valence-electron chi connectivity index (χ3n) is 2.83. The number of hydrogen-bond donors (Lipinski definition) is 2. The summed E-state index contributed by atoms with van der Waals surface area (Å²) in [6.07, 6.45) is 4.89. The zero-order chi connectivity index (χ0) is 15.5. The van der Waals surface area contributed by atoms with Crippen LogP contribution in [0.1, 0.15) is 5.82 Å². The number of nitrogens with zero attached hydrogens (tertiary/aromatic N) is 2. The van der Waals surface area contributed by atoms with Crippen LogP contribution in [0, 0.1) is 10.1 Å². The highest BCUT2D eigenvalue weighted by Crippen LogP contribution is 2.27. The van der Waals surface area contributed by atoms with E-state index in [1.807, 2.05) is 0 Å². The molecule has 0 aliphatic rings. The zero-order valence-electron chi connectivity index (χ0n) is 11.2. The zero-order valence-corrected chi connectivity index (χ0v) is 12.1. The van der Waals surface area contributed by atoms with Crippen molar-refractivity contribution >= 4 is 21.2 Å². The van der Waals surface area contributed by atoms with Gasteiger partial charge in [0.1, 0.15) is 11.5 Å². The lowest BCUT2D eigenvalue weighted by atomic mass is 10.2. The molecular formula is C12H14N4O4S. The summed E-state index contributed by atoms with van der Waals surface area (Å²) in [6.45, 7) is 0.437. The van der Waals surface area contributed by atoms with Crippen molar-refractivity contribution in [2.45, 2.75) is 11.3 Å². The molecule has 0 atom stereocenters. The Kier molecular flexibility index (Phi) is 4.22. The van der Waals surface area contributed by atoms with Crippen LogP contribution in [0.3, 0.4) is 0 Å². The minimum absolute atomic E-state index is 0.0780. The van der Waals surface area contributed by atoms with Crippen LogP contribution in [0.15, 0.2) is 35.5 Å². The van der Waals surface area contributed by atoms with E-state index >= 15 is 0 Å². The highest BCUT2D eigenvalue weighted by atomic mass is 32.2. The van der Waals surface area contributed by atoms with E-state index in [2.05, 4.69) is 15.3 Å². The second-order valence-electron chi connectivity index (χ2n) is 4.42. The molecule has 0 aliphatic carbocycles. The Hall–Kier alpha value is -2.42. The van der Waals surface area contributed by atoms with E-state index in [-0.39, 0.29) is 16.3 Å². The van der Waals surface area contributed by atoms with Crippen molar-refractivity contribution in [2.24, 2.45) is 0 Å². The average Bonchev–Trinajstić information content (AvgIpc) is 2.90. The number of rotatable bonds is 6.